The largest absolute Gasteiger partial charge is 0.382 e. The van der Waals surface area contributed by atoms with Crippen LogP contribution in [0.15, 0.2) is 18.3 Å². The fourth-order valence-electron chi connectivity index (χ4n) is 1.62. The first kappa shape index (κ1) is 13.3. The van der Waals surface area contributed by atoms with Gasteiger partial charge in [-0.05, 0) is 25.5 Å². The Labute approximate surface area is 98.8 Å². The molecule has 0 aromatic carbocycles. The molecular formula is C13H24N2O. The first-order valence-corrected chi connectivity index (χ1v) is 6.19. The van der Waals surface area contributed by atoms with Gasteiger partial charge < -0.3 is 14.6 Å². The third-order valence-electron chi connectivity index (χ3n) is 2.51. The molecule has 92 valence electrons. The zero-order valence-electron chi connectivity index (χ0n) is 10.7. The van der Waals surface area contributed by atoms with Gasteiger partial charge in [0, 0.05) is 44.2 Å². The maximum Gasteiger partial charge on any atom is 0.0482 e. The van der Waals surface area contributed by atoms with Crippen LogP contribution >= 0.6 is 0 Å². The number of aryl methyl sites for hydroxylation is 1. The summed E-state index contributed by atoms with van der Waals surface area (Å²) < 4.78 is 7.64. The Bertz CT molecular complexity index is 281. The molecule has 0 fully saturated rings. The molecule has 1 aromatic rings. The molecule has 1 heterocycles. The lowest BCUT2D eigenvalue weighted by atomic mass is 10.3. The molecule has 0 aliphatic carbocycles. The molecule has 0 radical (unpaired) electrons. The van der Waals surface area contributed by atoms with Gasteiger partial charge in [0.2, 0.25) is 0 Å². The van der Waals surface area contributed by atoms with Crippen LogP contribution < -0.4 is 5.32 Å². The van der Waals surface area contributed by atoms with E-state index in [0.29, 0.717) is 6.04 Å². The third-order valence-corrected chi connectivity index (χ3v) is 2.51. The highest BCUT2D eigenvalue weighted by Crippen LogP contribution is 2.04. The molecule has 3 heteroatoms. The molecule has 0 aliphatic rings. The van der Waals surface area contributed by atoms with Gasteiger partial charge in [0.1, 0.15) is 0 Å². The maximum absolute atomic E-state index is 5.34. The van der Waals surface area contributed by atoms with Gasteiger partial charge in [0.15, 0.2) is 0 Å². The monoisotopic (exact) mass is 224 g/mol. The molecule has 0 spiro atoms. The number of ether oxygens (including phenoxy) is 1. The quantitative estimate of drug-likeness (QED) is 0.686. The Morgan fingerprint density at radius 3 is 2.94 bits per heavy atom. The number of aromatic nitrogens is 1. The van der Waals surface area contributed by atoms with Crippen LogP contribution in [0.3, 0.4) is 0 Å². The second kappa shape index (κ2) is 7.47. The lowest BCUT2D eigenvalue weighted by Gasteiger charge is -2.12. The van der Waals surface area contributed by atoms with Gasteiger partial charge in [-0.3, -0.25) is 0 Å². The van der Waals surface area contributed by atoms with Crippen molar-refractivity contribution in [1.82, 2.24) is 9.88 Å². The highest BCUT2D eigenvalue weighted by molar-refractivity contribution is 5.06. The van der Waals surface area contributed by atoms with E-state index in [0.717, 1.165) is 32.7 Å². The summed E-state index contributed by atoms with van der Waals surface area (Å²) >= 11 is 0. The van der Waals surface area contributed by atoms with Crippen molar-refractivity contribution in [2.24, 2.45) is 0 Å². The first-order chi connectivity index (χ1) is 7.74. The Morgan fingerprint density at radius 1 is 1.44 bits per heavy atom. The summed E-state index contributed by atoms with van der Waals surface area (Å²) in [6.07, 6.45) is 3.22. The van der Waals surface area contributed by atoms with Gasteiger partial charge >= 0.3 is 0 Å². The van der Waals surface area contributed by atoms with Gasteiger partial charge in [-0.15, -0.1) is 0 Å². The molecule has 0 bridgehead atoms. The average molecular weight is 224 g/mol. The molecule has 0 unspecified atom stereocenters. The second-order valence-corrected chi connectivity index (χ2v) is 4.28. The zero-order chi connectivity index (χ0) is 11.8. The van der Waals surface area contributed by atoms with E-state index in [1.807, 2.05) is 6.92 Å². The number of hydrogen-bond donors (Lipinski definition) is 1. The standard InChI is InChI=1S/C13H24N2O/c1-4-16-10-6-9-15-8-5-7-13(15)11-14-12(2)3/h5,7-8,12,14H,4,6,9-11H2,1-3H3. The van der Waals surface area contributed by atoms with Crippen molar-refractivity contribution in [3.63, 3.8) is 0 Å². The molecule has 3 nitrogen and oxygen atoms in total. The van der Waals surface area contributed by atoms with Crippen molar-refractivity contribution in [2.75, 3.05) is 13.2 Å². The van der Waals surface area contributed by atoms with Crippen molar-refractivity contribution in [3.05, 3.63) is 24.0 Å². The Morgan fingerprint density at radius 2 is 2.25 bits per heavy atom. The molecule has 0 aliphatic heterocycles. The van der Waals surface area contributed by atoms with Crippen LogP contribution in [0.4, 0.5) is 0 Å². The summed E-state index contributed by atoms with van der Waals surface area (Å²) in [5.41, 5.74) is 1.35. The molecule has 1 N–H and O–H groups in total. The Hall–Kier alpha value is -0.800. The summed E-state index contributed by atoms with van der Waals surface area (Å²) in [6.45, 7) is 10.0. The van der Waals surface area contributed by atoms with E-state index in [1.54, 1.807) is 0 Å². The highest BCUT2D eigenvalue weighted by Gasteiger charge is 2.01. The molecule has 1 aromatic heterocycles. The van der Waals surface area contributed by atoms with Crippen molar-refractivity contribution in [2.45, 2.75) is 46.3 Å². The SMILES string of the molecule is CCOCCCn1cccc1CNC(C)C. The van der Waals surface area contributed by atoms with Crippen LogP contribution in [-0.2, 0) is 17.8 Å². The van der Waals surface area contributed by atoms with Crippen LogP contribution in [0.1, 0.15) is 32.9 Å². The highest BCUT2D eigenvalue weighted by atomic mass is 16.5. The summed E-state index contributed by atoms with van der Waals surface area (Å²) in [7, 11) is 0. The van der Waals surface area contributed by atoms with Crippen LogP contribution in [0.5, 0.6) is 0 Å². The van der Waals surface area contributed by atoms with E-state index in [4.69, 9.17) is 4.74 Å². The predicted octanol–water partition coefficient (Wildman–Crippen LogP) is 2.41. The average Bonchev–Trinajstić information content (AvgIpc) is 2.69. The number of nitrogens with one attached hydrogen (secondary N) is 1. The van der Waals surface area contributed by atoms with E-state index < -0.39 is 0 Å². The third kappa shape index (κ3) is 4.81. The minimum Gasteiger partial charge on any atom is -0.382 e. The minimum absolute atomic E-state index is 0.534. The molecule has 16 heavy (non-hydrogen) atoms. The van der Waals surface area contributed by atoms with Crippen LogP contribution in [0.2, 0.25) is 0 Å². The van der Waals surface area contributed by atoms with Crippen LogP contribution in [-0.4, -0.2) is 23.8 Å². The van der Waals surface area contributed by atoms with Gasteiger partial charge in [0.25, 0.3) is 0 Å². The smallest absolute Gasteiger partial charge is 0.0482 e. The summed E-state index contributed by atoms with van der Waals surface area (Å²) in [5.74, 6) is 0. The van der Waals surface area contributed by atoms with E-state index in [-0.39, 0.29) is 0 Å². The van der Waals surface area contributed by atoms with Gasteiger partial charge in [-0.1, -0.05) is 13.8 Å². The van der Waals surface area contributed by atoms with E-state index >= 15 is 0 Å². The Balaban J connectivity index is 2.32. The zero-order valence-corrected chi connectivity index (χ0v) is 10.7. The molecule has 0 saturated carbocycles. The lowest BCUT2D eigenvalue weighted by Crippen LogP contribution is -2.23. The van der Waals surface area contributed by atoms with Crippen LogP contribution in [0.25, 0.3) is 0 Å². The number of nitrogens with zero attached hydrogens (tertiary/aromatic N) is 1. The van der Waals surface area contributed by atoms with Crippen LogP contribution in [0, 0.1) is 0 Å². The summed E-state index contributed by atoms with van der Waals surface area (Å²) in [6, 6.07) is 4.82. The van der Waals surface area contributed by atoms with Gasteiger partial charge in [-0.25, -0.2) is 0 Å². The lowest BCUT2D eigenvalue weighted by molar-refractivity contribution is 0.141. The van der Waals surface area contributed by atoms with E-state index in [1.165, 1.54) is 5.69 Å². The fraction of sp³-hybridized carbons (Fsp3) is 0.692. The van der Waals surface area contributed by atoms with Gasteiger partial charge in [-0.2, -0.15) is 0 Å². The predicted molar refractivity (Wildman–Crippen MR) is 67.5 cm³/mol. The number of hydrogen-bond acceptors (Lipinski definition) is 2. The molecule has 0 amide bonds. The number of rotatable bonds is 8. The maximum atomic E-state index is 5.34. The van der Waals surface area contributed by atoms with Crippen molar-refractivity contribution >= 4 is 0 Å². The fourth-order valence-corrected chi connectivity index (χ4v) is 1.62. The van der Waals surface area contributed by atoms with Crippen molar-refractivity contribution in [3.8, 4) is 0 Å². The Kier molecular flexibility index (Phi) is 6.19. The first-order valence-electron chi connectivity index (χ1n) is 6.19. The van der Waals surface area contributed by atoms with E-state index in [9.17, 15) is 0 Å². The van der Waals surface area contributed by atoms with E-state index in [2.05, 4.69) is 42.1 Å². The van der Waals surface area contributed by atoms with Crippen molar-refractivity contribution < 1.29 is 4.74 Å². The summed E-state index contributed by atoms with van der Waals surface area (Å²) in [4.78, 5) is 0. The molecule has 1 rings (SSSR count). The normalized spacial score (nSPS) is 11.2. The van der Waals surface area contributed by atoms with Gasteiger partial charge in [0.05, 0.1) is 0 Å². The minimum atomic E-state index is 0.534. The molecular weight excluding hydrogens is 200 g/mol. The topological polar surface area (TPSA) is 26.2 Å². The molecule has 0 atom stereocenters. The second-order valence-electron chi connectivity index (χ2n) is 4.28. The van der Waals surface area contributed by atoms with Crippen molar-refractivity contribution in [1.29, 1.82) is 0 Å². The summed E-state index contributed by atoms with van der Waals surface area (Å²) in [5, 5.41) is 3.44. The molecule has 0 saturated heterocycles.